The normalized spacial score (nSPS) is 10.6. The monoisotopic (exact) mass is 299 g/mol. The maximum atomic E-state index is 11.9. The number of nitrogens with two attached hydrogens (primary N) is 1. The van der Waals surface area contributed by atoms with E-state index in [2.05, 4.69) is 15.4 Å². The number of carbonyl (C=O) groups excluding carboxylic acids is 1. The van der Waals surface area contributed by atoms with Crippen molar-refractivity contribution in [1.82, 2.24) is 20.3 Å². The van der Waals surface area contributed by atoms with Crippen LogP contribution >= 0.6 is 23.1 Å². The zero-order chi connectivity index (χ0) is 13.8. The summed E-state index contributed by atoms with van der Waals surface area (Å²) in [5.41, 5.74) is 6.27. The number of nitrogen functional groups attached to an aromatic ring is 1. The van der Waals surface area contributed by atoms with Gasteiger partial charge >= 0.3 is 0 Å². The molecule has 2 N–H and O–H groups in total. The second-order valence-electron chi connectivity index (χ2n) is 3.88. The van der Waals surface area contributed by atoms with Gasteiger partial charge in [-0.2, -0.15) is 0 Å². The lowest BCUT2D eigenvalue weighted by molar-refractivity contribution is -0.127. The van der Waals surface area contributed by atoms with Crippen molar-refractivity contribution in [2.75, 3.05) is 18.5 Å². The standard InChI is InChI=1S/C10H13N5O2S2/c1-6-3-7(17-14-6)4-15(2)8(16)5-18-10-13-12-9(11)19-10/h3H,4-5H2,1-2H3,(H2,11,12). The van der Waals surface area contributed by atoms with E-state index in [-0.39, 0.29) is 11.7 Å². The second kappa shape index (κ2) is 6.02. The predicted octanol–water partition coefficient (Wildman–Crippen LogP) is 1.17. The highest BCUT2D eigenvalue weighted by molar-refractivity contribution is 8.01. The average molecular weight is 299 g/mol. The van der Waals surface area contributed by atoms with Gasteiger partial charge in [-0.15, -0.1) is 10.2 Å². The average Bonchev–Trinajstić information content (AvgIpc) is 2.95. The Morgan fingerprint density at radius 3 is 2.95 bits per heavy atom. The fourth-order valence-electron chi connectivity index (χ4n) is 1.33. The van der Waals surface area contributed by atoms with Crippen LogP contribution in [0.5, 0.6) is 0 Å². The molecular weight excluding hydrogens is 286 g/mol. The highest BCUT2D eigenvalue weighted by Crippen LogP contribution is 2.23. The summed E-state index contributed by atoms with van der Waals surface area (Å²) in [6, 6.07) is 1.81. The Balaban J connectivity index is 1.82. The van der Waals surface area contributed by atoms with Gasteiger partial charge in [0.2, 0.25) is 11.0 Å². The molecule has 7 nitrogen and oxygen atoms in total. The topological polar surface area (TPSA) is 98.1 Å². The summed E-state index contributed by atoms with van der Waals surface area (Å²) in [5, 5.41) is 11.7. The maximum Gasteiger partial charge on any atom is 0.233 e. The largest absolute Gasteiger partial charge is 0.374 e. The zero-order valence-corrected chi connectivity index (χ0v) is 12.1. The first-order valence-corrected chi connectivity index (χ1v) is 7.22. The van der Waals surface area contributed by atoms with Gasteiger partial charge in [0.25, 0.3) is 0 Å². The van der Waals surface area contributed by atoms with Gasteiger partial charge in [-0.1, -0.05) is 28.3 Å². The third-order valence-corrected chi connectivity index (χ3v) is 4.11. The molecular formula is C10H13N5O2S2. The Morgan fingerprint density at radius 1 is 1.58 bits per heavy atom. The van der Waals surface area contributed by atoms with E-state index in [0.717, 1.165) is 5.69 Å². The van der Waals surface area contributed by atoms with Crippen molar-refractivity contribution < 1.29 is 9.32 Å². The van der Waals surface area contributed by atoms with Crippen LogP contribution in [0.2, 0.25) is 0 Å². The summed E-state index contributed by atoms with van der Waals surface area (Å²) in [7, 11) is 1.72. The lowest BCUT2D eigenvalue weighted by Gasteiger charge is -2.14. The highest BCUT2D eigenvalue weighted by Gasteiger charge is 2.13. The molecule has 0 saturated heterocycles. The van der Waals surface area contributed by atoms with Crippen LogP contribution in [0.1, 0.15) is 11.5 Å². The lowest BCUT2D eigenvalue weighted by Crippen LogP contribution is -2.27. The molecule has 0 aliphatic carbocycles. The quantitative estimate of drug-likeness (QED) is 0.827. The third kappa shape index (κ3) is 3.93. The minimum Gasteiger partial charge on any atom is -0.374 e. The number of aryl methyl sites for hydroxylation is 1. The van der Waals surface area contributed by atoms with E-state index < -0.39 is 0 Å². The summed E-state index contributed by atoms with van der Waals surface area (Å²) in [6.07, 6.45) is 0. The van der Waals surface area contributed by atoms with Crippen molar-refractivity contribution in [2.24, 2.45) is 0 Å². The Hall–Kier alpha value is -1.61. The van der Waals surface area contributed by atoms with Crippen LogP contribution in [-0.4, -0.2) is 39.0 Å². The Kier molecular flexibility index (Phi) is 4.38. The summed E-state index contributed by atoms with van der Waals surface area (Å²) in [6.45, 7) is 2.24. The number of thioether (sulfide) groups is 1. The molecule has 0 saturated carbocycles. The van der Waals surface area contributed by atoms with Gasteiger partial charge in [0.15, 0.2) is 10.1 Å². The van der Waals surface area contributed by atoms with Crippen LogP contribution in [-0.2, 0) is 11.3 Å². The molecule has 0 unspecified atom stereocenters. The molecule has 9 heteroatoms. The molecule has 1 amide bonds. The molecule has 2 aromatic heterocycles. The molecule has 0 bridgehead atoms. The van der Waals surface area contributed by atoms with Crippen molar-refractivity contribution in [3.8, 4) is 0 Å². The number of carbonyl (C=O) groups is 1. The molecule has 0 aromatic carbocycles. The van der Waals surface area contributed by atoms with Crippen LogP contribution in [0.25, 0.3) is 0 Å². The van der Waals surface area contributed by atoms with E-state index in [9.17, 15) is 4.79 Å². The molecule has 2 rings (SSSR count). The fraction of sp³-hybridized carbons (Fsp3) is 0.400. The number of nitrogens with zero attached hydrogens (tertiary/aromatic N) is 4. The van der Waals surface area contributed by atoms with Crippen LogP contribution < -0.4 is 5.73 Å². The molecule has 0 spiro atoms. The second-order valence-corrected chi connectivity index (χ2v) is 6.11. The van der Waals surface area contributed by atoms with E-state index in [0.29, 0.717) is 21.8 Å². The molecule has 0 fully saturated rings. The summed E-state index contributed by atoms with van der Waals surface area (Å²) in [5.74, 6) is 0.935. The van der Waals surface area contributed by atoms with Gasteiger partial charge in [0, 0.05) is 13.1 Å². The molecule has 0 atom stereocenters. The van der Waals surface area contributed by atoms with E-state index in [1.165, 1.54) is 23.1 Å². The van der Waals surface area contributed by atoms with E-state index in [1.54, 1.807) is 11.9 Å². The van der Waals surface area contributed by atoms with Crippen molar-refractivity contribution in [3.05, 3.63) is 17.5 Å². The maximum absolute atomic E-state index is 11.9. The summed E-state index contributed by atoms with van der Waals surface area (Å²) >= 11 is 2.59. The molecule has 0 radical (unpaired) electrons. The van der Waals surface area contributed by atoms with Gasteiger partial charge < -0.3 is 15.2 Å². The lowest BCUT2D eigenvalue weighted by atomic mass is 10.3. The Morgan fingerprint density at radius 2 is 2.37 bits per heavy atom. The van der Waals surface area contributed by atoms with Gasteiger partial charge in [0.1, 0.15) is 0 Å². The van der Waals surface area contributed by atoms with Gasteiger partial charge in [0.05, 0.1) is 18.0 Å². The predicted molar refractivity (Wildman–Crippen MR) is 72.8 cm³/mol. The Bertz CT molecular complexity index is 568. The first kappa shape index (κ1) is 13.8. The SMILES string of the molecule is Cc1cc(CN(C)C(=O)CSc2nnc(N)s2)on1. The minimum atomic E-state index is -0.0205. The molecule has 0 aliphatic rings. The summed E-state index contributed by atoms with van der Waals surface area (Å²) < 4.78 is 5.75. The fourth-order valence-corrected chi connectivity index (χ4v) is 2.90. The van der Waals surface area contributed by atoms with Crippen molar-refractivity contribution in [1.29, 1.82) is 0 Å². The van der Waals surface area contributed by atoms with Crippen LogP contribution in [0.15, 0.2) is 14.9 Å². The highest BCUT2D eigenvalue weighted by atomic mass is 32.2. The minimum absolute atomic E-state index is 0.0205. The van der Waals surface area contributed by atoms with Gasteiger partial charge in [-0.25, -0.2) is 0 Å². The van der Waals surface area contributed by atoms with E-state index >= 15 is 0 Å². The van der Waals surface area contributed by atoms with Crippen molar-refractivity contribution >= 4 is 34.1 Å². The number of aromatic nitrogens is 3. The third-order valence-electron chi connectivity index (χ3n) is 2.24. The smallest absolute Gasteiger partial charge is 0.233 e. The number of anilines is 1. The molecule has 2 heterocycles. The van der Waals surface area contributed by atoms with Gasteiger partial charge in [-0.3, -0.25) is 4.79 Å². The van der Waals surface area contributed by atoms with Crippen LogP contribution in [0.3, 0.4) is 0 Å². The molecule has 2 aromatic rings. The number of amides is 1. The number of hydrogen-bond donors (Lipinski definition) is 1. The van der Waals surface area contributed by atoms with Crippen LogP contribution in [0, 0.1) is 6.92 Å². The first-order valence-electron chi connectivity index (χ1n) is 5.42. The number of rotatable bonds is 5. The molecule has 19 heavy (non-hydrogen) atoms. The number of hydrogen-bond acceptors (Lipinski definition) is 8. The first-order chi connectivity index (χ1) is 9.04. The summed E-state index contributed by atoms with van der Waals surface area (Å²) in [4.78, 5) is 13.5. The van der Waals surface area contributed by atoms with Crippen molar-refractivity contribution in [3.63, 3.8) is 0 Å². The van der Waals surface area contributed by atoms with Crippen molar-refractivity contribution in [2.45, 2.75) is 17.8 Å². The van der Waals surface area contributed by atoms with Gasteiger partial charge in [-0.05, 0) is 6.92 Å². The molecule has 102 valence electrons. The van der Waals surface area contributed by atoms with Crippen LogP contribution in [0.4, 0.5) is 5.13 Å². The zero-order valence-electron chi connectivity index (χ0n) is 10.5. The Labute approximate surface area is 118 Å². The van der Waals surface area contributed by atoms with E-state index in [4.69, 9.17) is 10.3 Å². The molecule has 0 aliphatic heterocycles. The van der Waals surface area contributed by atoms with E-state index in [1.807, 2.05) is 13.0 Å².